The number of carbonyl (C=O) groups is 1. The number of amides is 2. The smallest absolute Gasteiger partial charge is 0.318 e. The molecule has 148 valence electrons. The number of pyridine rings is 1. The highest BCUT2D eigenvalue weighted by Crippen LogP contribution is 2.43. The van der Waals surface area contributed by atoms with Gasteiger partial charge in [-0.05, 0) is 31.9 Å². The number of hydrogen-bond donors (Lipinski definition) is 1. The first-order chi connectivity index (χ1) is 13.3. The summed E-state index contributed by atoms with van der Waals surface area (Å²) in [7, 11) is 0. The molecule has 0 aromatic carbocycles. The Morgan fingerprint density at radius 2 is 2.11 bits per heavy atom. The second kappa shape index (κ2) is 6.79. The Balaban J connectivity index is 1.56. The van der Waals surface area contributed by atoms with E-state index in [0.29, 0.717) is 0 Å². The Morgan fingerprint density at radius 1 is 1.32 bits per heavy atom. The zero-order valence-corrected chi connectivity index (χ0v) is 16.7. The van der Waals surface area contributed by atoms with Gasteiger partial charge in [-0.3, -0.25) is 4.98 Å². The molecule has 6 nitrogen and oxygen atoms in total. The Bertz CT molecular complexity index is 910. The van der Waals surface area contributed by atoms with E-state index < -0.39 is 11.9 Å². The molecule has 2 amide bonds. The van der Waals surface area contributed by atoms with Gasteiger partial charge in [0.25, 0.3) is 0 Å². The molecule has 2 aliphatic rings. The van der Waals surface area contributed by atoms with Crippen LogP contribution in [0.3, 0.4) is 0 Å². The molecular weight excluding hydrogens is 357 g/mol. The summed E-state index contributed by atoms with van der Waals surface area (Å²) in [6.45, 7) is 8.06. The number of urea groups is 1. The monoisotopic (exact) mass is 383 g/mol. The molecule has 1 N–H and O–H groups in total. The van der Waals surface area contributed by atoms with Gasteiger partial charge in [0, 0.05) is 35.8 Å². The lowest BCUT2D eigenvalue weighted by Gasteiger charge is -2.36. The van der Waals surface area contributed by atoms with Crippen molar-refractivity contribution >= 4 is 6.03 Å². The van der Waals surface area contributed by atoms with Gasteiger partial charge >= 0.3 is 6.03 Å². The van der Waals surface area contributed by atoms with Gasteiger partial charge in [-0.1, -0.05) is 20.8 Å². The van der Waals surface area contributed by atoms with Crippen molar-refractivity contribution in [1.29, 1.82) is 0 Å². The number of fused-ring (bicyclic) bond motifs is 4. The third kappa shape index (κ3) is 3.23. The van der Waals surface area contributed by atoms with E-state index in [-0.39, 0.29) is 29.2 Å². The molecule has 0 aliphatic carbocycles. The number of nitrogens with one attached hydrogen (secondary N) is 1. The molecule has 3 atom stereocenters. The van der Waals surface area contributed by atoms with Crippen molar-refractivity contribution in [3.63, 3.8) is 0 Å². The Labute approximate surface area is 164 Å². The minimum absolute atomic E-state index is 0.0245. The highest BCUT2D eigenvalue weighted by atomic mass is 19.1. The zero-order chi connectivity index (χ0) is 20.1. The fourth-order valence-corrected chi connectivity index (χ4v) is 4.19. The molecule has 0 spiro atoms. The third-order valence-electron chi connectivity index (χ3n) is 5.63. The van der Waals surface area contributed by atoms with Crippen LogP contribution in [0.25, 0.3) is 0 Å². The predicted octanol–water partition coefficient (Wildman–Crippen LogP) is 3.84. The minimum Gasteiger partial charge on any atom is -0.330 e. The number of rotatable bonds is 2. The Morgan fingerprint density at radius 3 is 2.82 bits per heavy atom. The van der Waals surface area contributed by atoms with Gasteiger partial charge in [-0.2, -0.15) is 0 Å². The number of nitrogens with zero attached hydrogens (tertiary/aromatic N) is 4. The first-order valence-electron chi connectivity index (χ1n) is 9.81. The van der Waals surface area contributed by atoms with Crippen LogP contribution in [0.5, 0.6) is 0 Å². The average Bonchev–Trinajstić information content (AvgIpc) is 2.96. The molecule has 1 fully saturated rings. The maximum Gasteiger partial charge on any atom is 0.318 e. The normalized spacial score (nSPS) is 22.0. The fourth-order valence-electron chi connectivity index (χ4n) is 4.19. The lowest BCUT2D eigenvalue weighted by atomic mass is 9.93. The van der Waals surface area contributed by atoms with Crippen LogP contribution >= 0.6 is 0 Å². The van der Waals surface area contributed by atoms with Crippen LogP contribution in [-0.4, -0.2) is 31.9 Å². The first-order valence-corrected chi connectivity index (χ1v) is 9.81. The van der Waals surface area contributed by atoms with E-state index in [4.69, 9.17) is 4.98 Å². The summed E-state index contributed by atoms with van der Waals surface area (Å²) in [5, 5.41) is 2.92. The van der Waals surface area contributed by atoms with Crippen LogP contribution in [0.2, 0.25) is 0 Å². The van der Waals surface area contributed by atoms with Crippen molar-refractivity contribution < 1.29 is 9.18 Å². The SMILES string of the molecule is C[C@H](NC(=O)N1C2CCC1c1cnc(C(C)(C)C)nc1C2)c1ncccc1F. The lowest BCUT2D eigenvalue weighted by molar-refractivity contribution is 0.161. The van der Waals surface area contributed by atoms with Crippen LogP contribution in [-0.2, 0) is 11.8 Å². The Hall–Kier alpha value is -2.57. The molecule has 2 aliphatic heterocycles. The van der Waals surface area contributed by atoms with E-state index in [1.165, 1.54) is 12.3 Å². The van der Waals surface area contributed by atoms with Gasteiger partial charge in [0.15, 0.2) is 0 Å². The molecule has 4 heterocycles. The highest BCUT2D eigenvalue weighted by molar-refractivity contribution is 5.76. The van der Waals surface area contributed by atoms with Crippen molar-refractivity contribution in [3.05, 3.63) is 53.1 Å². The van der Waals surface area contributed by atoms with Crippen molar-refractivity contribution in [1.82, 2.24) is 25.2 Å². The van der Waals surface area contributed by atoms with Gasteiger partial charge in [-0.25, -0.2) is 19.2 Å². The summed E-state index contributed by atoms with van der Waals surface area (Å²) >= 11 is 0. The number of carbonyl (C=O) groups excluding carboxylic acids is 1. The van der Waals surface area contributed by atoms with E-state index in [9.17, 15) is 9.18 Å². The van der Waals surface area contributed by atoms with Gasteiger partial charge in [-0.15, -0.1) is 0 Å². The molecular formula is C21H26FN5O. The second-order valence-corrected chi connectivity index (χ2v) is 8.75. The molecule has 0 saturated carbocycles. The summed E-state index contributed by atoms with van der Waals surface area (Å²) in [4.78, 5) is 28.3. The molecule has 0 radical (unpaired) electrons. The average molecular weight is 383 g/mol. The standard InChI is InChI=1S/C21H26FN5O/c1-12(18-15(22)6-5-9-23-18)25-20(28)27-13-7-8-17(27)14-11-24-19(21(2,3)4)26-16(14)10-13/h5-6,9,11-13,17H,7-8,10H2,1-4H3,(H,25,28)/t12-,13?,17?/m0/s1. The van der Waals surface area contributed by atoms with E-state index in [1.54, 1.807) is 13.0 Å². The van der Waals surface area contributed by atoms with Crippen molar-refractivity contribution in [2.24, 2.45) is 0 Å². The number of halogens is 1. The van der Waals surface area contributed by atoms with Crippen molar-refractivity contribution in [2.45, 2.75) is 70.5 Å². The van der Waals surface area contributed by atoms with Crippen LogP contribution in [0.4, 0.5) is 9.18 Å². The number of hydrogen-bond acceptors (Lipinski definition) is 4. The molecule has 1 saturated heterocycles. The minimum atomic E-state index is -0.506. The summed E-state index contributed by atoms with van der Waals surface area (Å²) in [5.41, 5.74) is 2.23. The molecule has 4 rings (SSSR count). The van der Waals surface area contributed by atoms with Crippen molar-refractivity contribution in [2.75, 3.05) is 0 Å². The Kier molecular flexibility index (Phi) is 4.56. The van der Waals surface area contributed by atoms with E-state index in [2.05, 4.69) is 36.1 Å². The molecule has 7 heteroatoms. The van der Waals surface area contributed by atoms with E-state index in [1.807, 2.05) is 11.1 Å². The number of aromatic nitrogens is 3. The van der Waals surface area contributed by atoms with Crippen molar-refractivity contribution in [3.8, 4) is 0 Å². The largest absolute Gasteiger partial charge is 0.330 e. The molecule has 2 aromatic rings. The molecule has 2 aromatic heterocycles. The van der Waals surface area contributed by atoms with Gasteiger partial charge < -0.3 is 10.2 Å². The topological polar surface area (TPSA) is 71.0 Å². The van der Waals surface area contributed by atoms with Gasteiger partial charge in [0.05, 0.1) is 23.5 Å². The molecule has 2 bridgehead atoms. The lowest BCUT2D eigenvalue weighted by Crippen LogP contribution is -2.48. The van der Waals surface area contributed by atoms with Crippen LogP contribution < -0.4 is 5.32 Å². The quantitative estimate of drug-likeness (QED) is 0.855. The second-order valence-electron chi connectivity index (χ2n) is 8.75. The summed E-state index contributed by atoms with van der Waals surface area (Å²) < 4.78 is 14.0. The highest BCUT2D eigenvalue weighted by Gasteiger charge is 2.44. The van der Waals surface area contributed by atoms with E-state index in [0.717, 1.165) is 36.3 Å². The summed E-state index contributed by atoms with van der Waals surface area (Å²) in [6.07, 6.45) is 5.99. The van der Waals surface area contributed by atoms with Crippen LogP contribution in [0.15, 0.2) is 24.5 Å². The third-order valence-corrected chi connectivity index (χ3v) is 5.63. The fraction of sp³-hybridized carbons (Fsp3) is 0.524. The van der Waals surface area contributed by atoms with Gasteiger partial charge in [0.2, 0.25) is 0 Å². The summed E-state index contributed by atoms with van der Waals surface area (Å²) in [6, 6.07) is 2.30. The zero-order valence-electron chi connectivity index (χ0n) is 16.7. The van der Waals surface area contributed by atoms with Crippen LogP contribution in [0.1, 0.15) is 75.4 Å². The van der Waals surface area contributed by atoms with Gasteiger partial charge in [0.1, 0.15) is 11.6 Å². The first kappa shape index (κ1) is 18.8. The molecule has 2 unspecified atom stereocenters. The summed E-state index contributed by atoms with van der Waals surface area (Å²) in [5.74, 6) is 0.424. The molecule has 28 heavy (non-hydrogen) atoms. The van der Waals surface area contributed by atoms with E-state index >= 15 is 0 Å². The van der Waals surface area contributed by atoms with Crippen LogP contribution in [0, 0.1) is 5.82 Å². The maximum atomic E-state index is 14.0. The maximum absolute atomic E-state index is 14.0. The predicted molar refractivity (Wildman–Crippen MR) is 103 cm³/mol.